The minimum absolute atomic E-state index is 0.0649. The van der Waals surface area contributed by atoms with Gasteiger partial charge < -0.3 is 14.9 Å². The molecule has 32 heavy (non-hydrogen) atoms. The van der Waals surface area contributed by atoms with Crippen LogP contribution in [0.1, 0.15) is 35.3 Å². The molecule has 2 aromatic carbocycles. The summed E-state index contributed by atoms with van der Waals surface area (Å²) in [6, 6.07) is 9.74. The number of aliphatic imine (C=N–C) groups is 1. The molecule has 3 rings (SSSR count). The Bertz CT molecular complexity index is 1120. The molecule has 1 saturated heterocycles. The molecule has 0 bridgehead atoms. The number of carboxylic acids is 1. The number of thioether (sulfide) groups is 1. The van der Waals surface area contributed by atoms with Crippen molar-refractivity contribution in [2.24, 2.45) is 4.99 Å². The van der Waals surface area contributed by atoms with Crippen molar-refractivity contribution in [3.8, 4) is 11.5 Å². The predicted molar refractivity (Wildman–Crippen MR) is 127 cm³/mol. The van der Waals surface area contributed by atoms with Gasteiger partial charge in [0.2, 0.25) is 0 Å². The van der Waals surface area contributed by atoms with Gasteiger partial charge in [0.1, 0.15) is 0 Å². The molecular weight excluding hydrogens is 428 g/mol. The summed E-state index contributed by atoms with van der Waals surface area (Å²) in [5, 5.41) is 20.1. The van der Waals surface area contributed by atoms with Crippen molar-refractivity contribution < 1.29 is 24.5 Å². The maximum atomic E-state index is 13.0. The fraction of sp³-hybridized carbons (Fsp3) is 0.208. The minimum atomic E-state index is -1.04. The lowest BCUT2D eigenvalue weighted by Gasteiger charge is -2.12. The zero-order valence-electron chi connectivity index (χ0n) is 17.9. The number of amidine groups is 1. The summed E-state index contributed by atoms with van der Waals surface area (Å²) in [5.74, 6) is -0.819. The van der Waals surface area contributed by atoms with E-state index in [9.17, 15) is 19.8 Å². The van der Waals surface area contributed by atoms with Crippen LogP contribution in [0.5, 0.6) is 11.5 Å². The van der Waals surface area contributed by atoms with Crippen molar-refractivity contribution in [2.75, 3.05) is 13.2 Å². The number of carbonyl (C=O) groups excluding carboxylic acids is 1. The zero-order valence-corrected chi connectivity index (χ0v) is 18.7. The lowest BCUT2D eigenvalue weighted by Crippen LogP contribution is -2.28. The maximum Gasteiger partial charge on any atom is 0.335 e. The van der Waals surface area contributed by atoms with E-state index in [0.29, 0.717) is 52.2 Å². The van der Waals surface area contributed by atoms with E-state index in [2.05, 4.69) is 11.6 Å². The first kappa shape index (κ1) is 23.1. The van der Waals surface area contributed by atoms with Crippen LogP contribution in [-0.4, -0.2) is 45.3 Å². The number of likely N-dealkylation sites (N-methyl/N-ethyl adjacent to an activating group) is 1. The molecule has 7 nitrogen and oxygen atoms in total. The second kappa shape index (κ2) is 10.2. The molecule has 2 aromatic rings. The second-order valence-corrected chi connectivity index (χ2v) is 7.87. The van der Waals surface area contributed by atoms with Gasteiger partial charge >= 0.3 is 5.97 Å². The number of nitrogens with zero attached hydrogens (tertiary/aromatic N) is 2. The Morgan fingerprint density at radius 2 is 2.06 bits per heavy atom. The highest BCUT2D eigenvalue weighted by Crippen LogP contribution is 2.37. The molecular formula is C24H24N2O5S. The second-order valence-electron chi connectivity index (χ2n) is 6.86. The predicted octanol–water partition coefficient (Wildman–Crippen LogP) is 4.84. The van der Waals surface area contributed by atoms with Crippen molar-refractivity contribution in [3.05, 3.63) is 70.6 Å². The van der Waals surface area contributed by atoms with E-state index in [1.807, 2.05) is 13.8 Å². The van der Waals surface area contributed by atoms with Crippen molar-refractivity contribution in [3.63, 3.8) is 0 Å². The Balaban J connectivity index is 1.99. The van der Waals surface area contributed by atoms with Crippen LogP contribution < -0.4 is 4.74 Å². The van der Waals surface area contributed by atoms with Crippen molar-refractivity contribution in [1.82, 2.24) is 4.90 Å². The number of rotatable bonds is 8. The molecule has 0 saturated carbocycles. The van der Waals surface area contributed by atoms with E-state index < -0.39 is 5.97 Å². The first-order valence-corrected chi connectivity index (χ1v) is 10.9. The lowest BCUT2D eigenvalue weighted by atomic mass is 10.1. The number of phenolic OH excluding ortho intramolecular Hbond substituents is 1. The van der Waals surface area contributed by atoms with E-state index in [1.165, 1.54) is 23.9 Å². The molecule has 0 spiro atoms. The smallest absolute Gasteiger partial charge is 0.335 e. The molecule has 0 aromatic heterocycles. The van der Waals surface area contributed by atoms with Crippen LogP contribution in [0.2, 0.25) is 0 Å². The minimum Gasteiger partial charge on any atom is -0.504 e. The van der Waals surface area contributed by atoms with E-state index in [1.54, 1.807) is 41.3 Å². The Kier molecular flexibility index (Phi) is 7.37. The third kappa shape index (κ3) is 5.03. The Hall–Kier alpha value is -3.52. The number of hydrogen-bond acceptors (Lipinski definition) is 6. The quantitative estimate of drug-likeness (QED) is 0.439. The average Bonchev–Trinajstić information content (AvgIpc) is 3.05. The van der Waals surface area contributed by atoms with Gasteiger partial charge in [-0.05, 0) is 74.0 Å². The highest BCUT2D eigenvalue weighted by atomic mass is 32.2. The molecule has 0 unspecified atom stereocenters. The number of phenols is 1. The largest absolute Gasteiger partial charge is 0.504 e. The number of aromatic carboxylic acids is 1. The van der Waals surface area contributed by atoms with Gasteiger partial charge in [-0.25, -0.2) is 9.79 Å². The highest BCUT2D eigenvalue weighted by Gasteiger charge is 2.32. The summed E-state index contributed by atoms with van der Waals surface area (Å²) in [6.07, 6.45) is 3.88. The van der Waals surface area contributed by atoms with Crippen molar-refractivity contribution in [2.45, 2.75) is 20.3 Å². The van der Waals surface area contributed by atoms with Crippen LogP contribution in [0, 0.1) is 0 Å². The van der Waals surface area contributed by atoms with Crippen LogP contribution in [0.15, 0.2) is 59.0 Å². The van der Waals surface area contributed by atoms with Crippen LogP contribution in [0.3, 0.4) is 0 Å². The summed E-state index contributed by atoms with van der Waals surface area (Å²) < 4.78 is 5.54. The van der Waals surface area contributed by atoms with Gasteiger partial charge in [0.05, 0.1) is 22.8 Å². The molecule has 0 aliphatic carbocycles. The molecule has 0 radical (unpaired) electrons. The Morgan fingerprint density at radius 3 is 2.72 bits per heavy atom. The normalized spacial score (nSPS) is 16.1. The van der Waals surface area contributed by atoms with E-state index in [4.69, 9.17) is 4.74 Å². The van der Waals surface area contributed by atoms with Gasteiger partial charge in [-0.15, -0.1) is 6.58 Å². The van der Waals surface area contributed by atoms with Crippen LogP contribution in [0.25, 0.3) is 6.08 Å². The number of amides is 1. The van der Waals surface area contributed by atoms with Crippen molar-refractivity contribution >= 4 is 40.6 Å². The van der Waals surface area contributed by atoms with Gasteiger partial charge in [-0.3, -0.25) is 9.69 Å². The Labute approximate surface area is 190 Å². The molecule has 1 heterocycles. The monoisotopic (exact) mass is 452 g/mol. The van der Waals surface area contributed by atoms with Crippen molar-refractivity contribution in [1.29, 1.82) is 0 Å². The fourth-order valence-corrected chi connectivity index (χ4v) is 4.25. The van der Waals surface area contributed by atoms with Gasteiger partial charge in [0.25, 0.3) is 5.91 Å². The molecule has 0 atom stereocenters. The molecule has 2 N–H and O–H groups in total. The third-order valence-electron chi connectivity index (χ3n) is 4.66. The van der Waals surface area contributed by atoms with Crippen LogP contribution in [-0.2, 0) is 11.2 Å². The molecule has 1 aliphatic rings. The van der Waals surface area contributed by atoms with Crippen LogP contribution >= 0.6 is 11.8 Å². The number of ether oxygens (including phenoxy) is 1. The highest BCUT2D eigenvalue weighted by molar-refractivity contribution is 8.18. The van der Waals surface area contributed by atoms with E-state index in [-0.39, 0.29) is 17.2 Å². The molecule has 1 amide bonds. The summed E-state index contributed by atoms with van der Waals surface area (Å²) in [6.45, 7) is 8.21. The number of carboxylic acid groups (broad SMARTS) is 1. The van der Waals surface area contributed by atoms with Gasteiger partial charge in [-0.2, -0.15) is 0 Å². The number of carbonyl (C=O) groups is 2. The first-order valence-electron chi connectivity index (χ1n) is 10.1. The molecule has 8 heteroatoms. The van der Waals surface area contributed by atoms with Crippen LogP contribution in [0.4, 0.5) is 5.69 Å². The average molecular weight is 453 g/mol. The number of benzene rings is 2. The molecule has 1 fully saturated rings. The summed E-state index contributed by atoms with van der Waals surface area (Å²) >= 11 is 1.21. The van der Waals surface area contributed by atoms with Gasteiger partial charge in [0, 0.05) is 12.1 Å². The van der Waals surface area contributed by atoms with E-state index >= 15 is 0 Å². The molecule has 166 valence electrons. The summed E-state index contributed by atoms with van der Waals surface area (Å²) in [4.78, 5) is 30.7. The topological polar surface area (TPSA) is 99.4 Å². The first-order chi connectivity index (χ1) is 15.4. The standard InChI is InChI=1S/C24H24N2O5S/c1-4-8-16-11-15(12-19(21(16)27)31-6-3)13-20-22(28)26(5-2)24(32-20)25-18-10-7-9-17(14-18)23(29)30/h4,7,9-14,27H,1,5-6,8H2,2-3H3,(H,29,30)/b20-13-,25-24?. The third-order valence-corrected chi connectivity index (χ3v) is 5.67. The zero-order chi connectivity index (χ0) is 23.3. The summed E-state index contributed by atoms with van der Waals surface area (Å²) in [7, 11) is 0. The fourth-order valence-electron chi connectivity index (χ4n) is 3.19. The lowest BCUT2D eigenvalue weighted by molar-refractivity contribution is -0.122. The van der Waals surface area contributed by atoms with E-state index in [0.717, 1.165) is 0 Å². The van der Waals surface area contributed by atoms with Gasteiger partial charge in [-0.1, -0.05) is 12.1 Å². The SMILES string of the molecule is C=CCc1cc(/C=C2\SC(=Nc3cccc(C(=O)O)c3)N(CC)C2=O)cc(OCC)c1O. The number of allylic oxidation sites excluding steroid dienone is 1. The number of aromatic hydroxyl groups is 1. The molecule has 1 aliphatic heterocycles. The summed E-state index contributed by atoms with van der Waals surface area (Å²) in [5.41, 5.74) is 1.95. The number of hydrogen-bond donors (Lipinski definition) is 2. The van der Waals surface area contributed by atoms with Gasteiger partial charge in [0.15, 0.2) is 16.7 Å². The Morgan fingerprint density at radius 1 is 1.28 bits per heavy atom. The maximum absolute atomic E-state index is 13.0.